The fourth-order valence-electron chi connectivity index (χ4n) is 2.46. The Hall–Kier alpha value is -0.870. The zero-order chi connectivity index (χ0) is 13.8. The molecule has 0 radical (unpaired) electrons. The molecular formula is C15H20BrNO2. The summed E-state index contributed by atoms with van der Waals surface area (Å²) in [6.45, 7) is 3.35. The summed E-state index contributed by atoms with van der Waals surface area (Å²) in [5.41, 5.74) is 1.18. The lowest BCUT2D eigenvalue weighted by Gasteiger charge is -2.31. The van der Waals surface area contributed by atoms with E-state index in [1.165, 1.54) is 5.56 Å². The van der Waals surface area contributed by atoms with Gasteiger partial charge in [-0.2, -0.15) is 0 Å². The first-order valence-electron chi connectivity index (χ1n) is 6.77. The molecule has 0 bridgehead atoms. The number of rotatable bonds is 3. The minimum Gasteiger partial charge on any atom is -0.393 e. The van der Waals surface area contributed by atoms with Gasteiger partial charge >= 0.3 is 0 Å². The van der Waals surface area contributed by atoms with E-state index in [1.54, 1.807) is 0 Å². The summed E-state index contributed by atoms with van der Waals surface area (Å²) in [4.78, 5) is 14.2. The van der Waals surface area contributed by atoms with Gasteiger partial charge in [-0.1, -0.05) is 35.0 Å². The Kier molecular flexibility index (Phi) is 4.99. The molecule has 1 unspecified atom stereocenters. The number of carbonyl (C=O) groups excluding carboxylic acids is 1. The van der Waals surface area contributed by atoms with Crippen LogP contribution in [0.25, 0.3) is 0 Å². The van der Waals surface area contributed by atoms with Crippen LogP contribution >= 0.6 is 15.9 Å². The van der Waals surface area contributed by atoms with E-state index in [-0.39, 0.29) is 17.9 Å². The van der Waals surface area contributed by atoms with Crippen molar-refractivity contribution in [2.24, 2.45) is 5.92 Å². The van der Waals surface area contributed by atoms with Crippen molar-refractivity contribution in [1.82, 2.24) is 4.90 Å². The summed E-state index contributed by atoms with van der Waals surface area (Å²) in [7, 11) is 0. The van der Waals surface area contributed by atoms with Gasteiger partial charge in [-0.25, -0.2) is 0 Å². The molecule has 0 aromatic heterocycles. The van der Waals surface area contributed by atoms with Crippen LogP contribution < -0.4 is 0 Å². The maximum atomic E-state index is 12.3. The van der Waals surface area contributed by atoms with Crippen LogP contribution in [-0.2, 0) is 11.2 Å². The quantitative estimate of drug-likeness (QED) is 0.928. The second-order valence-corrected chi connectivity index (χ2v) is 6.20. The molecule has 0 spiro atoms. The van der Waals surface area contributed by atoms with Crippen molar-refractivity contribution in [1.29, 1.82) is 0 Å². The van der Waals surface area contributed by atoms with E-state index >= 15 is 0 Å². The Morgan fingerprint density at radius 2 is 1.95 bits per heavy atom. The molecule has 1 heterocycles. The first-order chi connectivity index (χ1) is 9.06. The fourth-order valence-corrected chi connectivity index (χ4v) is 2.72. The summed E-state index contributed by atoms with van der Waals surface area (Å²) in [5.74, 6) is 0.200. The van der Waals surface area contributed by atoms with Crippen molar-refractivity contribution in [3.05, 3.63) is 34.3 Å². The molecule has 2 rings (SSSR count). The predicted molar refractivity (Wildman–Crippen MR) is 78.8 cm³/mol. The van der Waals surface area contributed by atoms with Crippen molar-refractivity contribution in [3.63, 3.8) is 0 Å². The molecule has 0 aliphatic carbocycles. The van der Waals surface area contributed by atoms with Crippen molar-refractivity contribution >= 4 is 21.8 Å². The number of aliphatic hydroxyl groups excluding tert-OH is 1. The van der Waals surface area contributed by atoms with Gasteiger partial charge in [0.05, 0.1) is 6.10 Å². The normalized spacial score (nSPS) is 18.4. The van der Waals surface area contributed by atoms with Crippen molar-refractivity contribution in [3.8, 4) is 0 Å². The maximum absolute atomic E-state index is 12.3. The van der Waals surface area contributed by atoms with Crippen LogP contribution in [-0.4, -0.2) is 35.1 Å². The zero-order valence-electron chi connectivity index (χ0n) is 11.2. The highest BCUT2D eigenvalue weighted by atomic mass is 79.9. The molecule has 0 saturated carbocycles. The minimum atomic E-state index is -0.231. The number of aliphatic hydroxyl groups is 1. The standard InChI is InChI=1S/C15H20BrNO2/c1-11(10-12-2-4-13(16)5-3-12)15(19)17-8-6-14(18)7-9-17/h2-5,11,14,18H,6-10H2,1H3. The van der Waals surface area contributed by atoms with Gasteiger partial charge in [0.15, 0.2) is 0 Å². The van der Waals surface area contributed by atoms with E-state index in [0.717, 1.165) is 10.9 Å². The Morgan fingerprint density at radius 1 is 1.37 bits per heavy atom. The molecule has 1 saturated heterocycles. The van der Waals surface area contributed by atoms with Crippen LogP contribution in [0.15, 0.2) is 28.7 Å². The van der Waals surface area contributed by atoms with Gasteiger partial charge in [0, 0.05) is 23.5 Å². The van der Waals surface area contributed by atoms with Crippen LogP contribution in [0.5, 0.6) is 0 Å². The number of carbonyl (C=O) groups is 1. The van der Waals surface area contributed by atoms with E-state index in [9.17, 15) is 9.90 Å². The highest BCUT2D eigenvalue weighted by Gasteiger charge is 2.24. The van der Waals surface area contributed by atoms with Gasteiger partial charge in [0.1, 0.15) is 0 Å². The average molecular weight is 326 g/mol. The van der Waals surface area contributed by atoms with Crippen molar-refractivity contribution < 1.29 is 9.90 Å². The third kappa shape index (κ3) is 4.05. The van der Waals surface area contributed by atoms with Gasteiger partial charge in [-0.3, -0.25) is 4.79 Å². The molecule has 19 heavy (non-hydrogen) atoms. The van der Waals surface area contributed by atoms with E-state index in [4.69, 9.17) is 0 Å². The molecule has 3 nitrogen and oxygen atoms in total. The molecule has 1 N–H and O–H groups in total. The molecular weight excluding hydrogens is 306 g/mol. The topological polar surface area (TPSA) is 40.5 Å². The lowest BCUT2D eigenvalue weighted by atomic mass is 9.98. The van der Waals surface area contributed by atoms with Crippen LogP contribution in [0.2, 0.25) is 0 Å². The number of likely N-dealkylation sites (tertiary alicyclic amines) is 1. The number of hydrogen-bond acceptors (Lipinski definition) is 2. The van der Waals surface area contributed by atoms with E-state index in [2.05, 4.69) is 15.9 Å². The summed E-state index contributed by atoms with van der Waals surface area (Å²) < 4.78 is 1.06. The predicted octanol–water partition coefficient (Wildman–Crippen LogP) is 2.61. The highest BCUT2D eigenvalue weighted by Crippen LogP contribution is 2.17. The molecule has 104 valence electrons. The van der Waals surface area contributed by atoms with Crippen molar-refractivity contribution in [2.45, 2.75) is 32.3 Å². The zero-order valence-corrected chi connectivity index (χ0v) is 12.8. The lowest BCUT2D eigenvalue weighted by molar-refractivity contribution is -0.136. The smallest absolute Gasteiger partial charge is 0.225 e. The number of amides is 1. The number of nitrogens with zero attached hydrogens (tertiary/aromatic N) is 1. The van der Waals surface area contributed by atoms with Crippen LogP contribution in [0.1, 0.15) is 25.3 Å². The molecule has 1 amide bonds. The Balaban J connectivity index is 1.90. The fraction of sp³-hybridized carbons (Fsp3) is 0.533. The maximum Gasteiger partial charge on any atom is 0.225 e. The second-order valence-electron chi connectivity index (χ2n) is 5.29. The van der Waals surface area contributed by atoms with Gasteiger partial charge < -0.3 is 10.0 Å². The number of halogens is 1. The SMILES string of the molecule is CC(Cc1ccc(Br)cc1)C(=O)N1CCC(O)CC1. The third-order valence-electron chi connectivity index (χ3n) is 3.65. The van der Waals surface area contributed by atoms with Gasteiger partial charge in [0.25, 0.3) is 0 Å². The third-order valence-corrected chi connectivity index (χ3v) is 4.18. The summed E-state index contributed by atoms with van der Waals surface area (Å²) >= 11 is 3.41. The first-order valence-corrected chi connectivity index (χ1v) is 7.57. The molecule has 1 aliphatic rings. The molecule has 1 aliphatic heterocycles. The number of piperidine rings is 1. The van der Waals surface area contributed by atoms with E-state index in [0.29, 0.717) is 25.9 Å². The second kappa shape index (κ2) is 6.53. The molecule has 1 fully saturated rings. The van der Waals surface area contributed by atoms with Gasteiger partial charge in [-0.15, -0.1) is 0 Å². The first kappa shape index (κ1) is 14.5. The van der Waals surface area contributed by atoms with Crippen LogP contribution in [0, 0.1) is 5.92 Å². The molecule has 1 atom stereocenters. The number of benzene rings is 1. The van der Waals surface area contributed by atoms with Gasteiger partial charge in [-0.05, 0) is 37.0 Å². The van der Waals surface area contributed by atoms with E-state index < -0.39 is 0 Å². The lowest BCUT2D eigenvalue weighted by Crippen LogP contribution is -2.42. The molecule has 1 aromatic carbocycles. The van der Waals surface area contributed by atoms with Gasteiger partial charge in [0.2, 0.25) is 5.91 Å². The summed E-state index contributed by atoms with van der Waals surface area (Å²) in [6, 6.07) is 8.11. The largest absolute Gasteiger partial charge is 0.393 e. The number of hydrogen-bond donors (Lipinski definition) is 1. The average Bonchev–Trinajstić information content (AvgIpc) is 2.41. The monoisotopic (exact) mass is 325 g/mol. The Labute approximate surface area is 122 Å². The molecule has 1 aromatic rings. The van der Waals surface area contributed by atoms with Crippen LogP contribution in [0.3, 0.4) is 0 Å². The van der Waals surface area contributed by atoms with Crippen molar-refractivity contribution in [2.75, 3.05) is 13.1 Å². The molecule has 4 heteroatoms. The summed E-state index contributed by atoms with van der Waals surface area (Å²) in [5, 5.41) is 9.47. The van der Waals surface area contributed by atoms with Crippen LogP contribution in [0.4, 0.5) is 0 Å². The Bertz CT molecular complexity index is 424. The minimum absolute atomic E-state index is 0.00332. The highest BCUT2D eigenvalue weighted by molar-refractivity contribution is 9.10. The Morgan fingerprint density at radius 3 is 2.53 bits per heavy atom. The van der Waals surface area contributed by atoms with E-state index in [1.807, 2.05) is 36.1 Å². The summed E-state index contributed by atoms with van der Waals surface area (Å²) in [6.07, 6.45) is 1.95.